The maximum atomic E-state index is 12.4. The molecule has 1 aromatic heterocycles. The molecule has 8 nitrogen and oxygen atoms in total. The minimum Gasteiger partial charge on any atom is -0.385 e. The number of carbonyl (C=O) groups excluding carboxylic acids is 2. The van der Waals surface area contributed by atoms with Crippen LogP contribution in [-0.2, 0) is 0 Å². The summed E-state index contributed by atoms with van der Waals surface area (Å²) in [5.41, 5.74) is 7.64. The number of amidine groups is 1. The number of benzene rings is 1. The second-order valence-corrected chi connectivity index (χ2v) is 7.13. The first-order valence-corrected chi connectivity index (χ1v) is 9.10. The normalized spacial score (nSPS) is 22.8. The number of aromatic nitrogens is 1. The molecule has 2 fully saturated rings. The number of amides is 3. The van der Waals surface area contributed by atoms with E-state index in [1.54, 1.807) is 5.38 Å². The fourth-order valence-corrected chi connectivity index (χ4v) is 4.02. The number of hydrogen-bond acceptors (Lipinski definition) is 5. The first kappa shape index (κ1) is 16.7. The molecule has 2 aliphatic rings. The van der Waals surface area contributed by atoms with E-state index < -0.39 is 18.0 Å². The Morgan fingerprint density at radius 2 is 2.08 bits per heavy atom. The summed E-state index contributed by atoms with van der Waals surface area (Å²) < 4.78 is 0. The van der Waals surface area contributed by atoms with Crippen molar-refractivity contribution < 1.29 is 14.8 Å². The second-order valence-electron chi connectivity index (χ2n) is 6.27. The largest absolute Gasteiger partial charge is 0.385 e. The molecular weight excluding hydrogens is 354 g/mol. The molecule has 1 aromatic carbocycles. The average Bonchev–Trinajstić information content (AvgIpc) is 3.24. The van der Waals surface area contributed by atoms with Crippen molar-refractivity contribution in [3.8, 4) is 11.3 Å². The molecule has 9 heteroatoms. The van der Waals surface area contributed by atoms with Crippen LogP contribution in [0.5, 0.6) is 0 Å². The molecule has 4 rings (SSSR count). The summed E-state index contributed by atoms with van der Waals surface area (Å²) in [6, 6.07) is 8.36. The van der Waals surface area contributed by atoms with Gasteiger partial charge in [0.15, 0.2) is 5.01 Å². The van der Waals surface area contributed by atoms with Gasteiger partial charge in [0, 0.05) is 17.5 Å². The van der Waals surface area contributed by atoms with Gasteiger partial charge in [0.1, 0.15) is 5.84 Å². The highest BCUT2D eigenvalue weighted by Gasteiger charge is 2.45. The zero-order valence-corrected chi connectivity index (χ0v) is 14.6. The van der Waals surface area contributed by atoms with Crippen molar-refractivity contribution in [2.75, 3.05) is 6.54 Å². The smallest absolute Gasteiger partial charge is 0.344 e. The minimum atomic E-state index is -0.524. The van der Waals surface area contributed by atoms with Gasteiger partial charge in [-0.15, -0.1) is 11.3 Å². The van der Waals surface area contributed by atoms with Crippen LogP contribution in [0.25, 0.3) is 11.3 Å². The molecule has 3 amide bonds. The number of hydrogen-bond donors (Lipinski definition) is 2. The van der Waals surface area contributed by atoms with Crippen molar-refractivity contribution in [2.24, 2.45) is 10.7 Å². The van der Waals surface area contributed by atoms with Gasteiger partial charge in [0.05, 0.1) is 17.8 Å². The van der Waals surface area contributed by atoms with E-state index in [4.69, 9.17) is 5.73 Å². The van der Waals surface area contributed by atoms with Gasteiger partial charge in [-0.2, -0.15) is 4.99 Å². The van der Waals surface area contributed by atoms with Gasteiger partial charge in [-0.1, -0.05) is 30.3 Å². The summed E-state index contributed by atoms with van der Waals surface area (Å²) in [6.45, 7) is 0.389. The highest BCUT2D eigenvalue weighted by Crippen LogP contribution is 2.28. The van der Waals surface area contributed by atoms with Gasteiger partial charge in [0.2, 0.25) is 0 Å². The molecule has 2 aromatic rings. The fourth-order valence-electron chi connectivity index (χ4n) is 3.31. The van der Waals surface area contributed by atoms with E-state index in [1.807, 2.05) is 30.3 Å². The van der Waals surface area contributed by atoms with Crippen molar-refractivity contribution in [1.82, 2.24) is 14.9 Å². The van der Waals surface area contributed by atoms with Crippen molar-refractivity contribution in [3.63, 3.8) is 0 Å². The van der Waals surface area contributed by atoms with Gasteiger partial charge >= 0.3 is 11.9 Å². The van der Waals surface area contributed by atoms with E-state index in [2.05, 4.69) is 9.98 Å². The Bertz CT molecular complexity index is 882. The first-order chi connectivity index (χ1) is 12.5. The van der Waals surface area contributed by atoms with Crippen LogP contribution in [0.2, 0.25) is 0 Å². The number of thiazole rings is 1. The third kappa shape index (κ3) is 2.85. The Balaban J connectivity index is 1.52. The Kier molecular flexibility index (Phi) is 4.17. The quantitative estimate of drug-likeness (QED) is 0.487. The van der Waals surface area contributed by atoms with Crippen LogP contribution in [-0.4, -0.2) is 56.6 Å². The predicted molar refractivity (Wildman–Crippen MR) is 96.0 cm³/mol. The number of rotatable bonds is 3. The number of urea groups is 1. The maximum Gasteiger partial charge on any atom is 0.344 e. The van der Waals surface area contributed by atoms with Crippen LogP contribution in [0, 0.1) is 0 Å². The van der Waals surface area contributed by atoms with E-state index in [-0.39, 0.29) is 16.9 Å². The zero-order chi connectivity index (χ0) is 18.3. The molecular formula is C17H17N5O3S. The number of fused-ring (bicyclic) bond motifs is 2. The Morgan fingerprint density at radius 1 is 1.31 bits per heavy atom. The van der Waals surface area contributed by atoms with E-state index in [0.717, 1.165) is 10.6 Å². The molecule has 0 saturated carbocycles. The number of nitrogens with two attached hydrogens (primary N) is 1. The summed E-state index contributed by atoms with van der Waals surface area (Å²) in [5, 5.41) is 12.5. The van der Waals surface area contributed by atoms with Gasteiger partial charge in [0.25, 0.3) is 0 Å². The summed E-state index contributed by atoms with van der Waals surface area (Å²) in [5.74, 6) is -0.446. The Labute approximate surface area is 153 Å². The third-order valence-corrected chi connectivity index (χ3v) is 5.50. The molecule has 134 valence electrons. The van der Waals surface area contributed by atoms with Crippen molar-refractivity contribution in [1.29, 1.82) is 0 Å². The lowest BCUT2D eigenvalue weighted by Gasteiger charge is -2.29. The average molecular weight is 371 g/mol. The maximum absolute atomic E-state index is 12.4. The number of carbonyl (C=O) groups is 2. The van der Waals surface area contributed by atoms with Crippen molar-refractivity contribution >= 4 is 29.1 Å². The van der Waals surface area contributed by atoms with Crippen molar-refractivity contribution in [2.45, 2.75) is 24.9 Å². The molecule has 2 saturated heterocycles. The van der Waals surface area contributed by atoms with Crippen LogP contribution in [0.15, 0.2) is 40.7 Å². The van der Waals surface area contributed by atoms with Crippen LogP contribution in [0.4, 0.5) is 4.79 Å². The van der Waals surface area contributed by atoms with Crippen LogP contribution in [0.3, 0.4) is 0 Å². The van der Waals surface area contributed by atoms with E-state index in [1.165, 1.54) is 16.2 Å². The van der Waals surface area contributed by atoms with Gasteiger partial charge in [-0.05, 0) is 12.8 Å². The minimum absolute atomic E-state index is 0.0774. The summed E-state index contributed by atoms with van der Waals surface area (Å²) in [4.78, 5) is 34.2. The van der Waals surface area contributed by atoms with Gasteiger partial charge in [-0.3, -0.25) is 10.0 Å². The highest BCUT2D eigenvalue weighted by atomic mass is 32.1. The molecule has 3 N–H and O–H groups in total. The number of hydroxylamine groups is 2. The Hall–Kier alpha value is -2.78. The van der Waals surface area contributed by atoms with Crippen LogP contribution >= 0.6 is 11.3 Å². The lowest BCUT2D eigenvalue weighted by atomic mass is 10.0. The Morgan fingerprint density at radius 3 is 2.85 bits per heavy atom. The summed E-state index contributed by atoms with van der Waals surface area (Å²) in [6.07, 6.45) is 1.17. The number of nitrogens with zero attached hydrogens (tertiary/aromatic N) is 4. The third-order valence-electron chi connectivity index (χ3n) is 4.67. The highest BCUT2D eigenvalue weighted by molar-refractivity contribution is 7.12. The van der Waals surface area contributed by atoms with Gasteiger partial charge in [-0.25, -0.2) is 14.8 Å². The standard InChI is InChI=1S/C17H17N5O3S/c18-14(13-7-6-11-8-21(13)17(24)22(11)25)20-15(23)16-19-12(9-26-16)10-4-2-1-3-5-10/h1-5,9,11,13,25H,6-8H2,(H2,18,20,23)/t11-,13+/m1/s1. The SMILES string of the molecule is NC(=NC(=O)c1nc(-c2ccccc2)cs1)[C@@H]1CC[C@@H]2CN1C(=O)N2O. The van der Waals surface area contributed by atoms with E-state index in [0.29, 0.717) is 25.1 Å². The second kappa shape index (κ2) is 6.50. The zero-order valence-electron chi connectivity index (χ0n) is 13.8. The summed E-state index contributed by atoms with van der Waals surface area (Å²) in [7, 11) is 0. The van der Waals surface area contributed by atoms with Crippen LogP contribution in [0.1, 0.15) is 22.6 Å². The van der Waals surface area contributed by atoms with E-state index >= 15 is 0 Å². The molecule has 0 radical (unpaired) electrons. The van der Waals surface area contributed by atoms with E-state index in [9.17, 15) is 14.8 Å². The molecule has 2 bridgehead atoms. The number of aliphatic imine (C=N–C) groups is 1. The lowest BCUT2D eigenvalue weighted by molar-refractivity contribution is -0.0583. The molecule has 3 heterocycles. The molecule has 26 heavy (non-hydrogen) atoms. The van der Waals surface area contributed by atoms with Gasteiger partial charge < -0.3 is 10.6 Å². The topological polar surface area (TPSA) is 112 Å². The molecule has 0 aliphatic carbocycles. The van der Waals surface area contributed by atoms with Crippen molar-refractivity contribution in [3.05, 3.63) is 40.7 Å². The molecule has 2 aliphatic heterocycles. The number of piperidine rings is 1. The molecule has 0 unspecified atom stereocenters. The summed E-state index contributed by atoms with van der Waals surface area (Å²) >= 11 is 1.20. The molecule has 0 spiro atoms. The molecule has 2 atom stereocenters. The monoisotopic (exact) mass is 371 g/mol. The lowest BCUT2D eigenvalue weighted by Crippen LogP contribution is -2.48. The predicted octanol–water partition coefficient (Wildman–Crippen LogP) is 1.97. The fraction of sp³-hybridized carbons (Fsp3) is 0.294. The first-order valence-electron chi connectivity index (χ1n) is 8.22. The van der Waals surface area contributed by atoms with Crippen LogP contribution < -0.4 is 5.73 Å².